The molecule has 1 heterocycles. The van der Waals surface area contributed by atoms with Crippen molar-refractivity contribution in [3.8, 4) is 11.1 Å². The molecule has 0 radical (unpaired) electrons. The molecule has 1 nitrogen and oxygen atoms in total. The maximum absolute atomic E-state index is 6.30. The van der Waals surface area contributed by atoms with Gasteiger partial charge in [0.15, 0.2) is 0 Å². The van der Waals surface area contributed by atoms with E-state index >= 15 is 0 Å². The Morgan fingerprint density at radius 2 is 1.40 bits per heavy atom. The Hall–Kier alpha value is -2.48. The lowest BCUT2D eigenvalue weighted by Crippen LogP contribution is -1.85. The van der Waals surface area contributed by atoms with Gasteiger partial charge in [-0.3, -0.25) is 0 Å². The van der Waals surface area contributed by atoms with E-state index in [9.17, 15) is 0 Å². The molecule has 0 saturated heterocycles. The van der Waals surface area contributed by atoms with E-state index in [4.69, 9.17) is 23.2 Å². The quantitative estimate of drug-likeness (QED) is 0.319. The van der Waals surface area contributed by atoms with Crippen molar-refractivity contribution in [2.75, 3.05) is 0 Å². The molecular formula is C22H13Cl2N. The maximum atomic E-state index is 6.30. The van der Waals surface area contributed by atoms with Gasteiger partial charge in [-0.05, 0) is 52.7 Å². The van der Waals surface area contributed by atoms with Crippen LogP contribution < -0.4 is 0 Å². The summed E-state index contributed by atoms with van der Waals surface area (Å²) >= 11 is 12.4. The first-order valence-electron chi connectivity index (χ1n) is 8.09. The molecule has 4 aromatic carbocycles. The molecule has 0 amide bonds. The summed E-state index contributed by atoms with van der Waals surface area (Å²) in [6, 6.07) is 24.6. The Morgan fingerprint density at radius 3 is 2.24 bits per heavy atom. The van der Waals surface area contributed by atoms with Gasteiger partial charge in [0.1, 0.15) is 0 Å². The Morgan fingerprint density at radius 1 is 0.640 bits per heavy atom. The van der Waals surface area contributed by atoms with Crippen molar-refractivity contribution in [2.24, 2.45) is 0 Å². The molecule has 1 N–H and O–H groups in total. The van der Waals surface area contributed by atoms with Crippen LogP contribution >= 0.6 is 23.2 Å². The molecule has 0 aliphatic heterocycles. The highest BCUT2D eigenvalue weighted by atomic mass is 35.5. The molecule has 0 spiro atoms. The topological polar surface area (TPSA) is 15.8 Å². The van der Waals surface area contributed by atoms with Crippen molar-refractivity contribution >= 4 is 55.8 Å². The van der Waals surface area contributed by atoms with Gasteiger partial charge in [-0.25, -0.2) is 0 Å². The van der Waals surface area contributed by atoms with Crippen molar-refractivity contribution in [3.63, 3.8) is 0 Å². The lowest BCUT2D eigenvalue weighted by atomic mass is 9.95. The Kier molecular flexibility index (Phi) is 3.27. The van der Waals surface area contributed by atoms with Gasteiger partial charge in [0, 0.05) is 31.9 Å². The summed E-state index contributed by atoms with van der Waals surface area (Å²) in [5, 5.41) is 6.22. The molecule has 3 heteroatoms. The Bertz CT molecular complexity index is 1250. The second kappa shape index (κ2) is 5.52. The highest BCUT2D eigenvalue weighted by molar-refractivity contribution is 6.32. The zero-order chi connectivity index (χ0) is 17.0. The number of para-hydroxylation sites is 1. The summed E-state index contributed by atoms with van der Waals surface area (Å²) in [6.07, 6.45) is 0. The van der Waals surface area contributed by atoms with Crippen LogP contribution in [0.5, 0.6) is 0 Å². The van der Waals surface area contributed by atoms with Gasteiger partial charge in [0.05, 0.1) is 5.52 Å². The smallest absolute Gasteiger partial charge is 0.0551 e. The van der Waals surface area contributed by atoms with Crippen molar-refractivity contribution in [1.82, 2.24) is 4.98 Å². The van der Waals surface area contributed by atoms with Crippen molar-refractivity contribution in [1.29, 1.82) is 0 Å². The third-order valence-corrected chi connectivity index (χ3v) is 5.20. The summed E-state index contributed by atoms with van der Waals surface area (Å²) < 4.78 is 0. The fourth-order valence-electron chi connectivity index (χ4n) is 3.59. The van der Waals surface area contributed by atoms with E-state index in [2.05, 4.69) is 53.5 Å². The van der Waals surface area contributed by atoms with E-state index in [1.807, 2.05) is 24.3 Å². The van der Waals surface area contributed by atoms with E-state index < -0.39 is 0 Å². The van der Waals surface area contributed by atoms with Gasteiger partial charge in [-0.1, -0.05) is 59.6 Å². The zero-order valence-corrected chi connectivity index (χ0v) is 14.7. The lowest BCUT2D eigenvalue weighted by molar-refractivity contribution is 1.54. The van der Waals surface area contributed by atoms with Gasteiger partial charge in [0.2, 0.25) is 0 Å². The van der Waals surface area contributed by atoms with E-state index in [0.29, 0.717) is 0 Å². The SMILES string of the molecule is Clc1ccc(-c2c3cc(Cl)ccc3cc3c2[nH]c2ccccc23)cc1. The number of rotatable bonds is 1. The summed E-state index contributed by atoms with van der Waals surface area (Å²) in [5.41, 5.74) is 4.53. The van der Waals surface area contributed by atoms with Crippen LogP contribution in [-0.4, -0.2) is 4.98 Å². The van der Waals surface area contributed by atoms with Crippen LogP contribution in [0.25, 0.3) is 43.7 Å². The first-order chi connectivity index (χ1) is 12.2. The van der Waals surface area contributed by atoms with Gasteiger partial charge >= 0.3 is 0 Å². The second-order valence-corrected chi connectivity index (χ2v) is 7.09. The fourth-order valence-corrected chi connectivity index (χ4v) is 3.89. The molecule has 0 saturated carbocycles. The lowest BCUT2D eigenvalue weighted by Gasteiger charge is -2.10. The van der Waals surface area contributed by atoms with Crippen LogP contribution in [0, 0.1) is 0 Å². The van der Waals surface area contributed by atoms with Crippen LogP contribution in [0.4, 0.5) is 0 Å². The average Bonchev–Trinajstić information content (AvgIpc) is 2.99. The molecule has 25 heavy (non-hydrogen) atoms. The first-order valence-corrected chi connectivity index (χ1v) is 8.85. The fraction of sp³-hybridized carbons (Fsp3) is 0. The molecule has 1 aromatic heterocycles. The molecule has 0 atom stereocenters. The van der Waals surface area contributed by atoms with Crippen LogP contribution in [0.15, 0.2) is 72.8 Å². The van der Waals surface area contributed by atoms with E-state index in [-0.39, 0.29) is 0 Å². The normalized spacial score (nSPS) is 11.6. The number of halogens is 2. The molecule has 0 aliphatic rings. The molecule has 5 aromatic rings. The molecule has 0 unspecified atom stereocenters. The summed E-state index contributed by atoms with van der Waals surface area (Å²) in [6.45, 7) is 0. The highest BCUT2D eigenvalue weighted by Gasteiger charge is 2.14. The van der Waals surface area contributed by atoms with Gasteiger partial charge in [-0.15, -0.1) is 0 Å². The van der Waals surface area contributed by atoms with Crippen LogP contribution in [0.3, 0.4) is 0 Å². The third-order valence-electron chi connectivity index (χ3n) is 4.71. The number of aromatic amines is 1. The first kappa shape index (κ1) is 14.8. The molecular weight excluding hydrogens is 349 g/mol. The number of fused-ring (bicyclic) bond motifs is 4. The van der Waals surface area contributed by atoms with Crippen molar-refractivity contribution < 1.29 is 0 Å². The standard InChI is InChI=1S/C22H13Cl2N/c23-15-8-5-13(6-9-15)21-18-12-16(24)10-7-14(18)11-19-17-3-1-2-4-20(17)25-22(19)21/h1-12,25H. The number of H-pyrrole nitrogens is 1. The summed E-state index contributed by atoms with van der Waals surface area (Å²) in [5.74, 6) is 0. The second-order valence-electron chi connectivity index (χ2n) is 6.22. The van der Waals surface area contributed by atoms with E-state index in [1.165, 1.54) is 16.2 Å². The van der Waals surface area contributed by atoms with Crippen LogP contribution in [0.1, 0.15) is 0 Å². The zero-order valence-electron chi connectivity index (χ0n) is 13.2. The number of benzene rings is 4. The van der Waals surface area contributed by atoms with E-state index in [1.54, 1.807) is 0 Å². The predicted octanol–water partition coefficient (Wildman–Crippen LogP) is 7.45. The minimum atomic E-state index is 0.731. The highest BCUT2D eigenvalue weighted by Crippen LogP contribution is 2.40. The number of hydrogen-bond acceptors (Lipinski definition) is 0. The van der Waals surface area contributed by atoms with Crippen LogP contribution in [0.2, 0.25) is 10.0 Å². The molecule has 0 fully saturated rings. The Balaban J connectivity index is 2.02. The average molecular weight is 362 g/mol. The van der Waals surface area contributed by atoms with Crippen molar-refractivity contribution in [3.05, 3.63) is 82.8 Å². The van der Waals surface area contributed by atoms with Crippen LogP contribution in [-0.2, 0) is 0 Å². The number of hydrogen-bond donors (Lipinski definition) is 1. The van der Waals surface area contributed by atoms with E-state index in [0.717, 1.165) is 37.6 Å². The van der Waals surface area contributed by atoms with Gasteiger partial charge in [-0.2, -0.15) is 0 Å². The van der Waals surface area contributed by atoms with Gasteiger partial charge in [0.25, 0.3) is 0 Å². The summed E-state index contributed by atoms with van der Waals surface area (Å²) in [4.78, 5) is 3.60. The third kappa shape index (κ3) is 2.31. The maximum Gasteiger partial charge on any atom is 0.0551 e. The predicted molar refractivity (Wildman–Crippen MR) is 109 cm³/mol. The molecule has 0 aliphatic carbocycles. The Labute approximate surface area is 154 Å². The van der Waals surface area contributed by atoms with Gasteiger partial charge < -0.3 is 4.98 Å². The molecule has 0 bridgehead atoms. The largest absolute Gasteiger partial charge is 0.354 e. The number of aromatic nitrogens is 1. The molecule has 5 rings (SSSR count). The minimum Gasteiger partial charge on any atom is -0.354 e. The monoisotopic (exact) mass is 361 g/mol. The number of nitrogens with one attached hydrogen (secondary N) is 1. The summed E-state index contributed by atoms with van der Waals surface area (Å²) in [7, 11) is 0. The minimum absolute atomic E-state index is 0.731. The van der Waals surface area contributed by atoms with Crippen molar-refractivity contribution in [2.45, 2.75) is 0 Å². The molecule has 120 valence electrons.